The number of ether oxygens (including phenoxy) is 1. The lowest BCUT2D eigenvalue weighted by molar-refractivity contribution is 0.0858. The van der Waals surface area contributed by atoms with Crippen LogP contribution in [0.4, 0.5) is 0 Å². The molecular formula is C21H22ClN3O2. The van der Waals surface area contributed by atoms with Crippen molar-refractivity contribution in [3.05, 3.63) is 65.2 Å². The normalized spacial score (nSPS) is 12.0. The van der Waals surface area contributed by atoms with Crippen molar-refractivity contribution < 1.29 is 9.53 Å². The first kappa shape index (κ1) is 19.1. The molecule has 1 unspecified atom stereocenters. The lowest BCUT2D eigenvalue weighted by atomic mass is 9.95. The molecule has 5 nitrogen and oxygen atoms in total. The predicted octanol–water partition coefficient (Wildman–Crippen LogP) is 5.22. The molecule has 0 fully saturated rings. The van der Waals surface area contributed by atoms with Gasteiger partial charge in [0.05, 0.1) is 12.5 Å². The molecule has 1 aromatic heterocycles. The van der Waals surface area contributed by atoms with Crippen LogP contribution in [-0.4, -0.2) is 27.3 Å². The van der Waals surface area contributed by atoms with Gasteiger partial charge in [-0.3, -0.25) is 4.79 Å². The van der Waals surface area contributed by atoms with E-state index in [0.717, 1.165) is 17.5 Å². The average molecular weight is 384 g/mol. The lowest BCUT2D eigenvalue weighted by Crippen LogP contribution is -2.22. The fraction of sp³-hybridized carbons (Fsp3) is 0.286. The van der Waals surface area contributed by atoms with Gasteiger partial charge >= 0.3 is 6.01 Å². The van der Waals surface area contributed by atoms with E-state index in [2.05, 4.69) is 10.1 Å². The topological polar surface area (TPSA) is 57.0 Å². The molecule has 0 amide bonds. The second-order valence-electron chi connectivity index (χ2n) is 6.20. The molecule has 140 valence electrons. The van der Waals surface area contributed by atoms with Gasteiger partial charge in [-0.15, -0.1) is 5.10 Å². The second-order valence-corrected chi connectivity index (χ2v) is 6.63. The summed E-state index contributed by atoms with van der Waals surface area (Å²) in [5, 5.41) is 4.91. The van der Waals surface area contributed by atoms with E-state index in [1.165, 1.54) is 4.68 Å². The highest BCUT2D eigenvalue weighted by Crippen LogP contribution is 2.27. The summed E-state index contributed by atoms with van der Waals surface area (Å²) >= 11 is 6.13. The van der Waals surface area contributed by atoms with E-state index in [1.807, 2.05) is 56.3 Å². The molecule has 6 heteroatoms. The third-order valence-electron chi connectivity index (χ3n) is 4.22. The van der Waals surface area contributed by atoms with Crippen molar-refractivity contribution in [2.75, 3.05) is 6.61 Å². The van der Waals surface area contributed by atoms with E-state index in [-0.39, 0.29) is 17.8 Å². The van der Waals surface area contributed by atoms with Gasteiger partial charge in [0.1, 0.15) is 0 Å². The number of nitrogens with zero attached hydrogens (tertiary/aromatic N) is 3. The Hall–Kier alpha value is -2.66. The van der Waals surface area contributed by atoms with Gasteiger partial charge in [0.2, 0.25) is 0 Å². The molecular weight excluding hydrogens is 362 g/mol. The Morgan fingerprint density at radius 2 is 1.93 bits per heavy atom. The zero-order valence-electron chi connectivity index (χ0n) is 15.4. The standard InChI is InChI=1S/C21H22ClN3O2/c1-3-13-27-21-23-19(16-11-8-12-17(22)14-16)25(24-21)20(26)18(4-2)15-9-6-5-7-10-15/h5-12,14,18H,3-4,13H2,1-2H3. The largest absolute Gasteiger partial charge is 0.462 e. The molecule has 0 radical (unpaired) electrons. The van der Waals surface area contributed by atoms with Crippen LogP contribution < -0.4 is 4.74 Å². The number of carbonyl (C=O) groups excluding carboxylic acids is 1. The number of halogens is 1. The van der Waals surface area contributed by atoms with Crippen molar-refractivity contribution >= 4 is 17.5 Å². The lowest BCUT2D eigenvalue weighted by Gasteiger charge is -2.15. The maximum absolute atomic E-state index is 13.3. The summed E-state index contributed by atoms with van der Waals surface area (Å²) in [6.07, 6.45) is 1.49. The van der Waals surface area contributed by atoms with E-state index in [4.69, 9.17) is 16.3 Å². The van der Waals surface area contributed by atoms with Crippen LogP contribution in [0.1, 0.15) is 43.0 Å². The van der Waals surface area contributed by atoms with Gasteiger partial charge in [0.25, 0.3) is 5.91 Å². The van der Waals surface area contributed by atoms with E-state index in [1.54, 1.807) is 12.1 Å². The zero-order chi connectivity index (χ0) is 19.2. The molecule has 0 aliphatic rings. The molecule has 1 heterocycles. The maximum atomic E-state index is 13.3. The van der Waals surface area contributed by atoms with Gasteiger partial charge in [-0.05, 0) is 30.5 Å². The fourth-order valence-corrected chi connectivity index (χ4v) is 3.09. The number of rotatable bonds is 7. The van der Waals surface area contributed by atoms with E-state index in [9.17, 15) is 4.79 Å². The van der Waals surface area contributed by atoms with Crippen LogP contribution in [0.5, 0.6) is 6.01 Å². The summed E-state index contributed by atoms with van der Waals surface area (Å²) in [7, 11) is 0. The van der Waals surface area contributed by atoms with Crippen molar-refractivity contribution in [1.29, 1.82) is 0 Å². The second kappa shape index (κ2) is 8.82. The first-order valence-corrected chi connectivity index (χ1v) is 9.46. The minimum Gasteiger partial charge on any atom is -0.462 e. The van der Waals surface area contributed by atoms with Crippen molar-refractivity contribution in [2.45, 2.75) is 32.6 Å². The molecule has 0 spiro atoms. The summed E-state index contributed by atoms with van der Waals surface area (Å²) < 4.78 is 6.91. The third kappa shape index (κ3) is 4.37. The summed E-state index contributed by atoms with van der Waals surface area (Å²) in [4.78, 5) is 17.8. The highest BCUT2D eigenvalue weighted by molar-refractivity contribution is 6.30. The van der Waals surface area contributed by atoms with Crippen LogP contribution in [-0.2, 0) is 0 Å². The minimum absolute atomic E-state index is 0.141. The highest BCUT2D eigenvalue weighted by atomic mass is 35.5. The summed E-state index contributed by atoms with van der Waals surface area (Å²) in [5.74, 6) is -0.0228. The van der Waals surface area contributed by atoms with Crippen molar-refractivity contribution in [2.24, 2.45) is 0 Å². The van der Waals surface area contributed by atoms with E-state index >= 15 is 0 Å². The maximum Gasteiger partial charge on any atom is 0.336 e. The summed E-state index contributed by atoms with van der Waals surface area (Å²) in [6.45, 7) is 4.48. The molecule has 0 N–H and O–H groups in total. The molecule has 0 bridgehead atoms. The number of hydrogen-bond acceptors (Lipinski definition) is 4. The summed E-state index contributed by atoms with van der Waals surface area (Å²) in [5.41, 5.74) is 1.67. The molecule has 1 atom stereocenters. The Balaban J connectivity index is 2.04. The Morgan fingerprint density at radius 3 is 2.59 bits per heavy atom. The highest BCUT2D eigenvalue weighted by Gasteiger charge is 2.26. The van der Waals surface area contributed by atoms with Gasteiger partial charge in [-0.25, -0.2) is 0 Å². The van der Waals surface area contributed by atoms with Gasteiger partial charge in [0.15, 0.2) is 5.82 Å². The van der Waals surface area contributed by atoms with Gasteiger partial charge < -0.3 is 4.74 Å². The van der Waals surface area contributed by atoms with Gasteiger partial charge in [-0.1, -0.05) is 67.9 Å². The Labute approximate surface area is 164 Å². The molecule has 27 heavy (non-hydrogen) atoms. The Kier molecular flexibility index (Phi) is 6.24. The van der Waals surface area contributed by atoms with Crippen LogP contribution in [0.25, 0.3) is 11.4 Å². The first-order chi connectivity index (χ1) is 13.1. The SMILES string of the molecule is CCCOc1nc(-c2cccc(Cl)c2)n(C(=O)C(CC)c2ccccc2)n1. The van der Waals surface area contributed by atoms with Crippen molar-refractivity contribution in [1.82, 2.24) is 14.8 Å². The molecule has 3 rings (SSSR count). The van der Waals surface area contributed by atoms with Crippen LogP contribution in [0, 0.1) is 0 Å². The number of carbonyl (C=O) groups is 1. The summed E-state index contributed by atoms with van der Waals surface area (Å²) in [6, 6.07) is 17.1. The molecule has 0 saturated carbocycles. The van der Waals surface area contributed by atoms with Crippen LogP contribution >= 0.6 is 11.6 Å². The third-order valence-corrected chi connectivity index (χ3v) is 4.46. The first-order valence-electron chi connectivity index (χ1n) is 9.09. The number of benzene rings is 2. The molecule has 2 aromatic carbocycles. The smallest absolute Gasteiger partial charge is 0.336 e. The predicted molar refractivity (Wildman–Crippen MR) is 106 cm³/mol. The number of aromatic nitrogens is 3. The van der Waals surface area contributed by atoms with Crippen molar-refractivity contribution in [3.63, 3.8) is 0 Å². The van der Waals surface area contributed by atoms with Crippen LogP contribution in [0.3, 0.4) is 0 Å². The van der Waals surface area contributed by atoms with Crippen LogP contribution in [0.2, 0.25) is 5.02 Å². The van der Waals surface area contributed by atoms with E-state index in [0.29, 0.717) is 23.9 Å². The fourth-order valence-electron chi connectivity index (χ4n) is 2.90. The minimum atomic E-state index is -0.315. The number of hydrogen-bond donors (Lipinski definition) is 0. The Bertz CT molecular complexity index is 909. The quantitative estimate of drug-likeness (QED) is 0.561. The Morgan fingerprint density at radius 1 is 1.15 bits per heavy atom. The molecule has 3 aromatic rings. The zero-order valence-corrected chi connectivity index (χ0v) is 16.2. The van der Waals surface area contributed by atoms with Crippen molar-refractivity contribution in [3.8, 4) is 17.4 Å². The average Bonchev–Trinajstić information content (AvgIpc) is 3.12. The monoisotopic (exact) mass is 383 g/mol. The van der Waals surface area contributed by atoms with E-state index < -0.39 is 0 Å². The van der Waals surface area contributed by atoms with Crippen LogP contribution in [0.15, 0.2) is 54.6 Å². The van der Waals surface area contributed by atoms with Gasteiger partial charge in [-0.2, -0.15) is 9.67 Å². The molecule has 0 aliphatic heterocycles. The molecule has 0 saturated heterocycles. The molecule has 0 aliphatic carbocycles. The van der Waals surface area contributed by atoms with Gasteiger partial charge in [0, 0.05) is 10.6 Å².